The van der Waals surface area contributed by atoms with Gasteiger partial charge in [-0.1, -0.05) is 189 Å². The largest absolute Gasteiger partial charge is 0.117 e. The van der Waals surface area contributed by atoms with Crippen molar-refractivity contribution in [3.63, 3.8) is 0 Å². The molecule has 2 heteroatoms. The fourth-order valence-corrected chi connectivity index (χ4v) is 16.2. The molecule has 2 unspecified atom stereocenters. The van der Waals surface area contributed by atoms with Crippen molar-refractivity contribution >= 4 is 33.3 Å². The zero-order valence-corrected chi connectivity index (χ0v) is 41.8. The SMILES string of the molecule is CC1(C)c2ccc(-c3ccccc3)cc2-c2cc3c(cc21)C(C)(C)c1cc(C2=CC4SC(c5ccc6c(c5)C(C)(C)c5cc7c(cc5-6)-c5cc(-c6ccccc6)ccc5C7(C)C)=CC4S2)ccc1-3. The second-order valence-electron chi connectivity index (χ2n) is 22.4. The Balaban J connectivity index is 0.745. The van der Waals surface area contributed by atoms with E-state index < -0.39 is 0 Å². The average Bonchev–Trinajstić information content (AvgIpc) is 4.14. The Morgan fingerprint density at radius 1 is 0.265 bits per heavy atom. The molecule has 0 fully saturated rings. The number of fused-ring (bicyclic) bond motifs is 13. The Morgan fingerprint density at radius 3 is 0.985 bits per heavy atom. The number of benzene rings is 8. The third-order valence-electron chi connectivity index (χ3n) is 17.2. The molecule has 0 aromatic heterocycles. The first-order valence-corrected chi connectivity index (χ1v) is 26.3. The molecule has 0 amide bonds. The van der Waals surface area contributed by atoms with Gasteiger partial charge in [0.05, 0.1) is 0 Å². The molecule has 2 aliphatic heterocycles. The van der Waals surface area contributed by atoms with Gasteiger partial charge in [-0.05, 0) is 159 Å². The summed E-state index contributed by atoms with van der Waals surface area (Å²) in [5, 5.41) is 0.859. The highest BCUT2D eigenvalue weighted by Crippen LogP contribution is 2.60. The Bertz CT molecular complexity index is 3370. The maximum absolute atomic E-state index is 2.57. The van der Waals surface area contributed by atoms with E-state index in [1.807, 2.05) is 0 Å². The predicted octanol–water partition coefficient (Wildman–Crippen LogP) is 17.9. The summed E-state index contributed by atoms with van der Waals surface area (Å²) < 4.78 is 0. The van der Waals surface area contributed by atoms with Crippen LogP contribution in [-0.4, -0.2) is 10.5 Å². The van der Waals surface area contributed by atoms with Crippen molar-refractivity contribution in [3.05, 3.63) is 226 Å². The highest BCUT2D eigenvalue weighted by molar-refractivity contribution is 8.14. The summed E-state index contributed by atoms with van der Waals surface area (Å²) in [6.45, 7) is 19.4. The Morgan fingerprint density at radius 2 is 0.588 bits per heavy atom. The van der Waals surface area contributed by atoms with Crippen LogP contribution < -0.4 is 0 Å². The van der Waals surface area contributed by atoms with Crippen LogP contribution in [-0.2, 0) is 21.7 Å². The van der Waals surface area contributed by atoms with Crippen molar-refractivity contribution in [3.8, 4) is 66.8 Å². The summed E-state index contributed by atoms with van der Waals surface area (Å²) in [6.07, 6.45) is 5.13. The van der Waals surface area contributed by atoms with Crippen molar-refractivity contribution in [2.24, 2.45) is 0 Å². The molecule has 2 heterocycles. The molecule has 68 heavy (non-hydrogen) atoms. The number of hydrogen-bond donors (Lipinski definition) is 0. The zero-order chi connectivity index (χ0) is 46.2. The minimum Gasteiger partial charge on any atom is -0.117 e. The van der Waals surface area contributed by atoms with E-state index >= 15 is 0 Å². The monoisotopic (exact) mass is 910 g/mol. The molecule has 14 rings (SSSR count). The lowest BCUT2D eigenvalue weighted by molar-refractivity contribution is 0.639. The van der Waals surface area contributed by atoms with E-state index in [0.717, 1.165) is 0 Å². The molecular formula is C66H54S2. The van der Waals surface area contributed by atoms with Crippen LogP contribution in [0.4, 0.5) is 0 Å². The third-order valence-corrected chi connectivity index (χ3v) is 20.0. The van der Waals surface area contributed by atoms with Gasteiger partial charge < -0.3 is 0 Å². The van der Waals surface area contributed by atoms with E-state index in [1.165, 1.54) is 132 Å². The fraction of sp³-hybridized carbons (Fsp3) is 0.212. The Labute approximate surface area is 410 Å². The van der Waals surface area contributed by atoms with Gasteiger partial charge in [-0.2, -0.15) is 0 Å². The summed E-state index contributed by atoms with van der Waals surface area (Å²) >= 11 is 4.11. The van der Waals surface area contributed by atoms with Crippen LogP contribution in [0.3, 0.4) is 0 Å². The maximum atomic E-state index is 2.57. The van der Waals surface area contributed by atoms with Crippen molar-refractivity contribution in [2.75, 3.05) is 0 Å². The first kappa shape index (κ1) is 41.0. The summed E-state index contributed by atoms with van der Waals surface area (Å²) in [6, 6.07) is 60.8. The van der Waals surface area contributed by atoms with Gasteiger partial charge in [0.1, 0.15) is 0 Å². The minimum atomic E-state index is -0.0923. The van der Waals surface area contributed by atoms with Crippen molar-refractivity contribution < 1.29 is 0 Å². The molecular weight excluding hydrogens is 857 g/mol. The van der Waals surface area contributed by atoms with Crippen LogP contribution in [0.2, 0.25) is 0 Å². The van der Waals surface area contributed by atoms with E-state index in [-0.39, 0.29) is 21.7 Å². The molecule has 0 saturated heterocycles. The van der Waals surface area contributed by atoms with Gasteiger partial charge in [0.25, 0.3) is 0 Å². The molecule has 8 aromatic carbocycles. The average molecular weight is 911 g/mol. The van der Waals surface area contributed by atoms with Gasteiger partial charge in [0, 0.05) is 42.0 Å². The van der Waals surface area contributed by atoms with Gasteiger partial charge in [0.2, 0.25) is 0 Å². The summed E-state index contributed by atoms with van der Waals surface area (Å²) in [5.41, 5.74) is 30.2. The van der Waals surface area contributed by atoms with Crippen LogP contribution >= 0.6 is 23.5 Å². The molecule has 6 aliphatic rings. The van der Waals surface area contributed by atoms with E-state index in [0.29, 0.717) is 10.5 Å². The molecule has 0 bridgehead atoms. The Kier molecular flexibility index (Phi) is 8.31. The Hall–Kier alpha value is -6.06. The molecule has 0 saturated carbocycles. The standard InChI is InChI=1S/C66H54S2/c1-63(2)51-25-21-39(37-15-11-9-12-16-37)27-45(51)49-31-47-43-23-19-41(29-53(43)65(5,6)55(47)33-57(49)63)59-35-61-62(67-59)36-60(68-61)42-20-24-44-48-32-50-46-28-40(38-17-13-10-14-18-38)22-26-52(46)64(3,4)58(50)34-56(48)66(7,8)54(44)30-42/h9-36,61-62H,1-8H3. The first-order valence-electron chi connectivity index (χ1n) is 24.5. The van der Waals surface area contributed by atoms with E-state index in [4.69, 9.17) is 0 Å². The molecule has 4 aliphatic carbocycles. The normalized spacial score (nSPS) is 20.3. The number of rotatable bonds is 4. The zero-order valence-electron chi connectivity index (χ0n) is 40.1. The maximum Gasteiger partial charge on any atom is 0.0446 e. The van der Waals surface area contributed by atoms with Crippen LogP contribution in [0.5, 0.6) is 0 Å². The van der Waals surface area contributed by atoms with Gasteiger partial charge >= 0.3 is 0 Å². The summed E-state index contributed by atoms with van der Waals surface area (Å²) in [7, 11) is 0. The van der Waals surface area contributed by atoms with Gasteiger partial charge in [-0.3, -0.25) is 0 Å². The second-order valence-corrected chi connectivity index (χ2v) is 24.8. The molecule has 0 nitrogen and oxygen atoms in total. The number of thioether (sulfide) groups is 2. The number of hydrogen-bond acceptors (Lipinski definition) is 2. The molecule has 330 valence electrons. The quantitative estimate of drug-likeness (QED) is 0.173. The highest BCUT2D eigenvalue weighted by Gasteiger charge is 2.45. The van der Waals surface area contributed by atoms with Crippen LogP contribution in [0.15, 0.2) is 170 Å². The molecule has 0 spiro atoms. The lowest BCUT2D eigenvalue weighted by Crippen LogP contribution is -2.19. The van der Waals surface area contributed by atoms with Crippen LogP contribution in [0.1, 0.15) is 111 Å². The van der Waals surface area contributed by atoms with Crippen molar-refractivity contribution in [1.82, 2.24) is 0 Å². The van der Waals surface area contributed by atoms with E-state index in [9.17, 15) is 0 Å². The van der Waals surface area contributed by atoms with Crippen molar-refractivity contribution in [1.29, 1.82) is 0 Å². The lowest BCUT2D eigenvalue weighted by atomic mass is 9.77. The summed E-state index contributed by atoms with van der Waals surface area (Å²) in [4.78, 5) is 2.84. The molecule has 8 aromatic rings. The molecule has 0 radical (unpaired) electrons. The third kappa shape index (κ3) is 5.54. The van der Waals surface area contributed by atoms with Crippen molar-refractivity contribution in [2.45, 2.75) is 87.5 Å². The van der Waals surface area contributed by atoms with E-state index in [2.05, 4.69) is 249 Å². The summed E-state index contributed by atoms with van der Waals surface area (Å²) in [5.74, 6) is 0. The van der Waals surface area contributed by atoms with E-state index in [1.54, 1.807) is 0 Å². The predicted molar refractivity (Wildman–Crippen MR) is 293 cm³/mol. The molecule has 2 atom stereocenters. The lowest BCUT2D eigenvalue weighted by Gasteiger charge is -2.26. The van der Waals surface area contributed by atoms with Gasteiger partial charge in [-0.25, -0.2) is 0 Å². The van der Waals surface area contributed by atoms with Crippen LogP contribution in [0.25, 0.3) is 76.6 Å². The van der Waals surface area contributed by atoms with Gasteiger partial charge in [-0.15, -0.1) is 23.5 Å². The first-order chi connectivity index (χ1) is 32.7. The van der Waals surface area contributed by atoms with Gasteiger partial charge in [0.15, 0.2) is 0 Å². The fourth-order valence-electron chi connectivity index (χ4n) is 13.3. The molecule has 0 N–H and O–H groups in total. The minimum absolute atomic E-state index is 0.0573. The highest BCUT2D eigenvalue weighted by atomic mass is 32.2. The smallest absolute Gasteiger partial charge is 0.0446 e. The second kappa shape index (κ2) is 13.8. The van der Waals surface area contributed by atoms with Crippen LogP contribution in [0, 0.1) is 0 Å². The topological polar surface area (TPSA) is 0 Å².